The van der Waals surface area contributed by atoms with Crippen LogP contribution in [0.2, 0.25) is 5.02 Å². The van der Waals surface area contributed by atoms with E-state index < -0.39 is 34.7 Å². The molecule has 0 radical (unpaired) electrons. The molecule has 2 N–H and O–H groups in total. The van der Waals surface area contributed by atoms with Gasteiger partial charge in [0.2, 0.25) is 5.91 Å². The lowest BCUT2D eigenvalue weighted by Crippen LogP contribution is -2.30. The Labute approximate surface area is 176 Å². The molecule has 2 rings (SSSR count). The third-order valence-corrected chi connectivity index (χ3v) is 4.77. The minimum atomic E-state index is -4.74. The SMILES string of the molecule is CCn1cc(NC(=O)C(C)n2nc(C(F)(F)F)c(Cl)c2C)c(C(=O)NCC(C)C)n1. The first-order valence-corrected chi connectivity index (χ1v) is 9.72. The van der Waals surface area contributed by atoms with E-state index >= 15 is 0 Å². The minimum absolute atomic E-state index is 0.00537. The first kappa shape index (κ1) is 23.7. The van der Waals surface area contributed by atoms with Gasteiger partial charge in [0.1, 0.15) is 6.04 Å². The molecule has 0 aromatic carbocycles. The number of nitrogens with one attached hydrogen (secondary N) is 2. The summed E-state index contributed by atoms with van der Waals surface area (Å²) in [5.74, 6) is -0.910. The first-order chi connectivity index (χ1) is 13.9. The van der Waals surface area contributed by atoms with Crippen LogP contribution in [-0.2, 0) is 17.5 Å². The Bertz CT molecular complexity index is 935. The van der Waals surface area contributed by atoms with E-state index in [0.29, 0.717) is 13.1 Å². The lowest BCUT2D eigenvalue weighted by atomic mass is 10.2. The van der Waals surface area contributed by atoms with E-state index in [-0.39, 0.29) is 23.0 Å². The zero-order chi connectivity index (χ0) is 22.8. The monoisotopic (exact) mass is 448 g/mol. The Balaban J connectivity index is 2.28. The van der Waals surface area contributed by atoms with Crippen molar-refractivity contribution in [1.82, 2.24) is 24.9 Å². The van der Waals surface area contributed by atoms with Gasteiger partial charge in [-0.25, -0.2) is 0 Å². The van der Waals surface area contributed by atoms with Crippen molar-refractivity contribution in [2.75, 3.05) is 11.9 Å². The van der Waals surface area contributed by atoms with Crippen LogP contribution in [0, 0.1) is 12.8 Å². The Hall–Kier alpha value is -2.56. The molecule has 0 spiro atoms. The van der Waals surface area contributed by atoms with Crippen LogP contribution in [0.1, 0.15) is 55.6 Å². The fraction of sp³-hybridized carbons (Fsp3) is 0.556. The van der Waals surface area contributed by atoms with E-state index in [4.69, 9.17) is 11.6 Å². The van der Waals surface area contributed by atoms with Gasteiger partial charge in [-0.1, -0.05) is 25.4 Å². The zero-order valence-electron chi connectivity index (χ0n) is 17.3. The third kappa shape index (κ3) is 5.13. The van der Waals surface area contributed by atoms with E-state index in [9.17, 15) is 22.8 Å². The van der Waals surface area contributed by atoms with Crippen molar-refractivity contribution in [2.24, 2.45) is 5.92 Å². The predicted molar refractivity (Wildman–Crippen MR) is 105 cm³/mol. The van der Waals surface area contributed by atoms with Gasteiger partial charge in [-0.15, -0.1) is 0 Å². The largest absolute Gasteiger partial charge is 0.436 e. The molecule has 0 saturated carbocycles. The van der Waals surface area contributed by atoms with E-state index in [2.05, 4.69) is 20.8 Å². The molecule has 2 heterocycles. The summed E-state index contributed by atoms with van der Waals surface area (Å²) in [7, 11) is 0. The molecule has 0 aliphatic carbocycles. The second-order valence-electron chi connectivity index (χ2n) is 7.21. The Morgan fingerprint density at radius 2 is 1.87 bits per heavy atom. The number of rotatable bonds is 7. The maximum Gasteiger partial charge on any atom is 0.436 e. The van der Waals surface area contributed by atoms with Crippen molar-refractivity contribution in [2.45, 2.75) is 53.4 Å². The van der Waals surface area contributed by atoms with E-state index in [1.165, 1.54) is 24.7 Å². The molecule has 166 valence electrons. The highest BCUT2D eigenvalue weighted by Crippen LogP contribution is 2.36. The van der Waals surface area contributed by atoms with Gasteiger partial charge in [-0.2, -0.15) is 23.4 Å². The lowest BCUT2D eigenvalue weighted by Gasteiger charge is -2.14. The summed E-state index contributed by atoms with van der Waals surface area (Å²) in [6, 6.07) is -1.12. The van der Waals surface area contributed by atoms with Crippen LogP contribution >= 0.6 is 11.6 Å². The molecule has 8 nitrogen and oxygen atoms in total. The van der Waals surface area contributed by atoms with Crippen molar-refractivity contribution in [3.05, 3.63) is 28.3 Å². The van der Waals surface area contributed by atoms with Crippen LogP contribution in [0.15, 0.2) is 6.20 Å². The number of hydrogen-bond acceptors (Lipinski definition) is 4. The first-order valence-electron chi connectivity index (χ1n) is 9.35. The van der Waals surface area contributed by atoms with Gasteiger partial charge in [0.05, 0.1) is 16.4 Å². The highest BCUT2D eigenvalue weighted by atomic mass is 35.5. The van der Waals surface area contributed by atoms with Crippen molar-refractivity contribution >= 4 is 29.1 Å². The molecule has 0 aliphatic heterocycles. The van der Waals surface area contributed by atoms with E-state index in [1.54, 1.807) is 0 Å². The summed E-state index contributed by atoms with van der Waals surface area (Å²) in [5, 5.41) is 12.3. The van der Waals surface area contributed by atoms with Crippen LogP contribution in [0.3, 0.4) is 0 Å². The third-order valence-electron chi connectivity index (χ3n) is 4.32. The molecule has 0 fully saturated rings. The molecule has 1 atom stereocenters. The number of halogens is 4. The molecule has 12 heteroatoms. The quantitative estimate of drug-likeness (QED) is 0.675. The Morgan fingerprint density at radius 3 is 2.37 bits per heavy atom. The maximum absolute atomic E-state index is 13.0. The second kappa shape index (κ2) is 9.07. The van der Waals surface area contributed by atoms with Gasteiger partial charge >= 0.3 is 6.18 Å². The van der Waals surface area contributed by atoms with Crippen LogP contribution in [0.5, 0.6) is 0 Å². The fourth-order valence-corrected chi connectivity index (χ4v) is 2.86. The van der Waals surface area contributed by atoms with Crippen LogP contribution in [0.25, 0.3) is 0 Å². The summed E-state index contributed by atoms with van der Waals surface area (Å²) in [5.41, 5.74) is -1.08. The van der Waals surface area contributed by atoms with Gasteiger partial charge in [-0.3, -0.25) is 19.0 Å². The van der Waals surface area contributed by atoms with Crippen molar-refractivity contribution < 1.29 is 22.8 Å². The number of aromatic nitrogens is 4. The minimum Gasteiger partial charge on any atom is -0.350 e. The Morgan fingerprint density at radius 1 is 1.23 bits per heavy atom. The van der Waals surface area contributed by atoms with Crippen molar-refractivity contribution in [3.8, 4) is 0 Å². The number of carbonyl (C=O) groups excluding carboxylic acids is 2. The zero-order valence-corrected chi connectivity index (χ0v) is 18.0. The van der Waals surface area contributed by atoms with Crippen LogP contribution < -0.4 is 10.6 Å². The highest BCUT2D eigenvalue weighted by Gasteiger charge is 2.39. The lowest BCUT2D eigenvalue weighted by molar-refractivity contribution is -0.141. The average Bonchev–Trinajstić information content (AvgIpc) is 3.20. The highest BCUT2D eigenvalue weighted by molar-refractivity contribution is 6.32. The molecule has 30 heavy (non-hydrogen) atoms. The summed E-state index contributed by atoms with van der Waals surface area (Å²) in [6.45, 7) is 9.28. The summed E-state index contributed by atoms with van der Waals surface area (Å²) in [6.07, 6.45) is -3.26. The van der Waals surface area contributed by atoms with Gasteiger partial charge in [0, 0.05) is 19.3 Å². The molecule has 0 aliphatic rings. The molecular formula is C18H24ClF3N6O2. The number of alkyl halides is 3. The van der Waals surface area contributed by atoms with Crippen molar-refractivity contribution in [3.63, 3.8) is 0 Å². The molecule has 2 aromatic heterocycles. The summed E-state index contributed by atoms with van der Waals surface area (Å²) >= 11 is 5.76. The maximum atomic E-state index is 13.0. The van der Waals surface area contributed by atoms with E-state index in [1.807, 2.05) is 20.8 Å². The number of aryl methyl sites for hydroxylation is 1. The number of anilines is 1. The van der Waals surface area contributed by atoms with Crippen molar-refractivity contribution in [1.29, 1.82) is 0 Å². The summed E-state index contributed by atoms with van der Waals surface area (Å²) in [4.78, 5) is 25.1. The smallest absolute Gasteiger partial charge is 0.350 e. The van der Waals surface area contributed by atoms with Gasteiger partial charge in [-0.05, 0) is 26.7 Å². The topological polar surface area (TPSA) is 93.8 Å². The number of nitrogens with zero attached hydrogens (tertiary/aromatic N) is 4. The van der Waals surface area contributed by atoms with Gasteiger partial charge in [0.25, 0.3) is 5.91 Å². The molecule has 0 bridgehead atoms. The number of amides is 2. The normalized spacial score (nSPS) is 12.9. The molecule has 1 unspecified atom stereocenters. The van der Waals surface area contributed by atoms with Crippen LogP contribution in [0.4, 0.5) is 18.9 Å². The van der Waals surface area contributed by atoms with Gasteiger partial charge in [0.15, 0.2) is 11.4 Å². The molecule has 2 aromatic rings. The number of hydrogen-bond donors (Lipinski definition) is 2. The summed E-state index contributed by atoms with van der Waals surface area (Å²) < 4.78 is 41.5. The van der Waals surface area contributed by atoms with E-state index in [0.717, 1.165) is 4.68 Å². The predicted octanol–water partition coefficient (Wildman–Crippen LogP) is 3.67. The molecule has 2 amide bonds. The van der Waals surface area contributed by atoms with Crippen LogP contribution in [-0.4, -0.2) is 37.9 Å². The van der Waals surface area contributed by atoms with Gasteiger partial charge < -0.3 is 10.6 Å². The molecule has 0 saturated heterocycles. The average molecular weight is 449 g/mol. The standard InChI is InChI=1S/C18H24ClF3N6O2/c1-6-27-8-12(14(25-27)17(30)23-7-9(2)3)24-16(29)11(5)28-10(4)13(19)15(26-28)18(20,21)22/h8-9,11H,6-7H2,1-5H3,(H,23,30)(H,24,29). The molecular weight excluding hydrogens is 425 g/mol. The fourth-order valence-electron chi connectivity index (χ4n) is 2.63. The number of carbonyl (C=O) groups is 2. The Kier molecular flexibility index (Phi) is 7.17. The second-order valence-corrected chi connectivity index (χ2v) is 7.58.